The first-order valence-corrected chi connectivity index (χ1v) is 7.25. The summed E-state index contributed by atoms with van der Waals surface area (Å²) in [6.45, 7) is 0. The summed E-state index contributed by atoms with van der Waals surface area (Å²) in [4.78, 5) is 15.7. The largest absolute Gasteiger partial charge is 0.496 e. The first kappa shape index (κ1) is 13.9. The highest BCUT2D eigenvalue weighted by molar-refractivity contribution is 5.81. The van der Waals surface area contributed by atoms with Crippen LogP contribution in [0.3, 0.4) is 0 Å². The molecule has 0 bridgehead atoms. The maximum Gasteiger partial charge on any atom is 0.306 e. The first-order chi connectivity index (χ1) is 10.2. The number of benzene rings is 1. The number of carboxylic acid groups (broad SMARTS) is 1. The molecule has 2 aliphatic rings. The quantitative estimate of drug-likeness (QED) is 0.923. The van der Waals surface area contributed by atoms with Gasteiger partial charge in [-0.15, -0.1) is 0 Å². The molecule has 1 heterocycles. The van der Waals surface area contributed by atoms with Crippen molar-refractivity contribution in [3.8, 4) is 5.75 Å². The fourth-order valence-corrected chi connectivity index (χ4v) is 3.10. The highest BCUT2D eigenvalue weighted by atomic mass is 16.5. The molecule has 3 rings (SSSR count). The minimum atomic E-state index is -0.727. The third-order valence-corrected chi connectivity index (χ3v) is 4.24. The minimum absolute atomic E-state index is 0.0791. The van der Waals surface area contributed by atoms with Crippen molar-refractivity contribution in [2.75, 3.05) is 7.11 Å². The number of aliphatic carboxylic acids is 1. The molecule has 1 aliphatic carbocycles. The molecule has 0 aromatic heterocycles. The molecule has 0 radical (unpaired) electrons. The molecule has 1 N–H and O–H groups in total. The van der Waals surface area contributed by atoms with Gasteiger partial charge in [-0.25, -0.2) is 4.99 Å². The van der Waals surface area contributed by atoms with Crippen LogP contribution in [0.15, 0.2) is 29.3 Å². The smallest absolute Gasteiger partial charge is 0.306 e. The van der Waals surface area contributed by atoms with E-state index in [9.17, 15) is 4.79 Å². The van der Waals surface area contributed by atoms with E-state index in [-0.39, 0.29) is 18.1 Å². The van der Waals surface area contributed by atoms with E-state index in [4.69, 9.17) is 14.6 Å². The van der Waals surface area contributed by atoms with Crippen molar-refractivity contribution in [2.45, 2.75) is 37.8 Å². The van der Waals surface area contributed by atoms with Crippen LogP contribution in [0.1, 0.15) is 24.8 Å². The normalized spacial score (nSPS) is 27.5. The predicted octanol–water partition coefficient (Wildman–Crippen LogP) is 2.29. The fraction of sp³-hybridized carbons (Fsp3) is 0.500. The number of fused-ring (bicyclic) bond motifs is 1. The Morgan fingerprint density at radius 2 is 2.24 bits per heavy atom. The van der Waals surface area contributed by atoms with Gasteiger partial charge in [-0.05, 0) is 25.3 Å². The Balaban J connectivity index is 1.68. The number of nitrogens with zero attached hydrogens (tertiary/aromatic N) is 1. The zero-order valence-electron chi connectivity index (χ0n) is 12.0. The third kappa shape index (κ3) is 2.86. The van der Waals surface area contributed by atoms with Gasteiger partial charge in [-0.2, -0.15) is 0 Å². The SMILES string of the molecule is COc1ccccc1CC1=NC2CCC(C(=O)O)CC2O1. The Bertz CT molecular complexity index is 569. The summed E-state index contributed by atoms with van der Waals surface area (Å²) >= 11 is 0. The molecule has 0 spiro atoms. The number of para-hydroxylation sites is 1. The number of carbonyl (C=O) groups is 1. The van der Waals surface area contributed by atoms with Crippen LogP contribution in [0, 0.1) is 5.92 Å². The lowest BCUT2D eigenvalue weighted by molar-refractivity contribution is -0.143. The van der Waals surface area contributed by atoms with Gasteiger partial charge in [-0.3, -0.25) is 4.79 Å². The van der Waals surface area contributed by atoms with Gasteiger partial charge < -0.3 is 14.6 Å². The minimum Gasteiger partial charge on any atom is -0.496 e. The summed E-state index contributed by atoms with van der Waals surface area (Å²) in [6, 6.07) is 7.91. The van der Waals surface area contributed by atoms with E-state index in [2.05, 4.69) is 4.99 Å². The molecule has 1 aromatic rings. The van der Waals surface area contributed by atoms with Crippen molar-refractivity contribution in [3.63, 3.8) is 0 Å². The second-order valence-electron chi connectivity index (χ2n) is 5.58. The van der Waals surface area contributed by atoms with E-state index in [0.717, 1.165) is 17.7 Å². The number of aliphatic imine (C=N–C) groups is 1. The van der Waals surface area contributed by atoms with E-state index in [1.54, 1.807) is 7.11 Å². The van der Waals surface area contributed by atoms with Crippen LogP contribution in [-0.2, 0) is 16.0 Å². The van der Waals surface area contributed by atoms with Gasteiger partial charge in [0.2, 0.25) is 0 Å². The Hall–Kier alpha value is -2.04. The lowest BCUT2D eigenvalue weighted by atomic mass is 9.84. The number of rotatable bonds is 4. The van der Waals surface area contributed by atoms with E-state index >= 15 is 0 Å². The van der Waals surface area contributed by atoms with Gasteiger partial charge in [0.1, 0.15) is 11.9 Å². The van der Waals surface area contributed by atoms with Crippen molar-refractivity contribution < 1.29 is 19.4 Å². The average Bonchev–Trinajstić information content (AvgIpc) is 2.89. The Morgan fingerprint density at radius 1 is 1.43 bits per heavy atom. The maximum atomic E-state index is 11.1. The van der Waals surface area contributed by atoms with Crippen LogP contribution >= 0.6 is 0 Å². The van der Waals surface area contributed by atoms with Crippen LogP contribution < -0.4 is 4.74 Å². The molecular weight excluding hydrogens is 270 g/mol. The zero-order valence-corrected chi connectivity index (χ0v) is 12.0. The monoisotopic (exact) mass is 289 g/mol. The Morgan fingerprint density at radius 3 is 3.00 bits per heavy atom. The number of ether oxygens (including phenoxy) is 2. The Kier molecular flexibility index (Phi) is 3.82. The number of methoxy groups -OCH3 is 1. The molecule has 0 saturated heterocycles. The van der Waals surface area contributed by atoms with Gasteiger partial charge in [-0.1, -0.05) is 18.2 Å². The van der Waals surface area contributed by atoms with Gasteiger partial charge in [0.15, 0.2) is 5.90 Å². The zero-order chi connectivity index (χ0) is 14.8. The molecule has 112 valence electrons. The lowest BCUT2D eigenvalue weighted by Gasteiger charge is -2.27. The van der Waals surface area contributed by atoms with Crippen LogP contribution in [0.2, 0.25) is 0 Å². The topological polar surface area (TPSA) is 68.1 Å². The standard InChI is InChI=1S/C16H19NO4/c1-20-13-5-3-2-4-10(13)9-15-17-12-7-6-11(16(18)19)8-14(12)21-15/h2-5,11-12,14H,6-9H2,1H3,(H,18,19). The molecule has 0 amide bonds. The van der Waals surface area contributed by atoms with Crippen molar-refractivity contribution in [3.05, 3.63) is 29.8 Å². The third-order valence-electron chi connectivity index (χ3n) is 4.24. The molecule has 5 heteroatoms. The number of carboxylic acids is 1. The second kappa shape index (κ2) is 5.76. The molecule has 1 saturated carbocycles. The molecule has 1 aliphatic heterocycles. The van der Waals surface area contributed by atoms with Crippen molar-refractivity contribution in [1.29, 1.82) is 0 Å². The lowest BCUT2D eigenvalue weighted by Crippen LogP contribution is -2.34. The molecule has 21 heavy (non-hydrogen) atoms. The molecule has 3 atom stereocenters. The van der Waals surface area contributed by atoms with Crippen molar-refractivity contribution in [2.24, 2.45) is 10.9 Å². The van der Waals surface area contributed by atoms with Gasteiger partial charge in [0.25, 0.3) is 0 Å². The van der Waals surface area contributed by atoms with Crippen LogP contribution in [0.4, 0.5) is 0 Å². The van der Waals surface area contributed by atoms with Crippen LogP contribution in [0.5, 0.6) is 5.75 Å². The van der Waals surface area contributed by atoms with Gasteiger partial charge >= 0.3 is 5.97 Å². The van der Waals surface area contributed by atoms with Crippen LogP contribution in [0.25, 0.3) is 0 Å². The van der Waals surface area contributed by atoms with Crippen molar-refractivity contribution in [1.82, 2.24) is 0 Å². The van der Waals surface area contributed by atoms with Gasteiger partial charge in [0.05, 0.1) is 25.5 Å². The summed E-state index contributed by atoms with van der Waals surface area (Å²) in [5.74, 6) is 0.491. The summed E-state index contributed by atoms with van der Waals surface area (Å²) in [6.07, 6.45) is 2.54. The van der Waals surface area contributed by atoms with Crippen LogP contribution in [-0.4, -0.2) is 36.2 Å². The molecular formula is C16H19NO4. The predicted molar refractivity (Wildman–Crippen MR) is 77.8 cm³/mol. The van der Waals surface area contributed by atoms with Crippen molar-refractivity contribution >= 4 is 11.9 Å². The summed E-state index contributed by atoms with van der Waals surface area (Å²) in [5.41, 5.74) is 1.03. The number of hydrogen-bond donors (Lipinski definition) is 1. The maximum absolute atomic E-state index is 11.1. The highest BCUT2D eigenvalue weighted by Gasteiger charge is 2.39. The van der Waals surface area contributed by atoms with E-state index in [1.165, 1.54) is 0 Å². The second-order valence-corrected chi connectivity index (χ2v) is 5.58. The Labute approximate surface area is 123 Å². The molecule has 5 nitrogen and oxygen atoms in total. The molecule has 1 fully saturated rings. The van der Waals surface area contributed by atoms with Gasteiger partial charge in [0, 0.05) is 5.56 Å². The average molecular weight is 289 g/mol. The summed E-state index contributed by atoms with van der Waals surface area (Å²) < 4.78 is 11.2. The summed E-state index contributed by atoms with van der Waals surface area (Å²) in [5, 5.41) is 9.12. The van der Waals surface area contributed by atoms with E-state index in [0.29, 0.717) is 25.2 Å². The van der Waals surface area contributed by atoms with E-state index in [1.807, 2.05) is 24.3 Å². The fourth-order valence-electron chi connectivity index (χ4n) is 3.10. The van der Waals surface area contributed by atoms with E-state index < -0.39 is 5.97 Å². The molecule has 3 unspecified atom stereocenters. The molecule has 1 aromatic carbocycles. The number of hydrogen-bond acceptors (Lipinski definition) is 4. The summed E-state index contributed by atoms with van der Waals surface area (Å²) in [7, 11) is 1.65. The first-order valence-electron chi connectivity index (χ1n) is 7.25. The highest BCUT2D eigenvalue weighted by Crippen LogP contribution is 2.33.